The molecule has 0 spiro atoms. The summed E-state index contributed by atoms with van der Waals surface area (Å²) in [4.78, 5) is 35.2. The van der Waals surface area contributed by atoms with Crippen molar-refractivity contribution in [3.8, 4) is 0 Å². The zero-order valence-corrected chi connectivity index (χ0v) is 18.5. The Morgan fingerprint density at radius 2 is 1.93 bits per heavy atom. The minimum absolute atomic E-state index is 0.00585. The van der Waals surface area contributed by atoms with Crippen LogP contribution in [0.15, 0.2) is 24.4 Å². The number of aryl methyl sites for hydroxylation is 1. The summed E-state index contributed by atoms with van der Waals surface area (Å²) in [5.41, 5.74) is 0.499. The normalized spacial score (nSPS) is 17.8. The topological polar surface area (TPSA) is 74.8 Å². The number of nitrogens with zero attached hydrogens (tertiary/aromatic N) is 3. The molecule has 4 heterocycles. The predicted molar refractivity (Wildman–Crippen MR) is 118 cm³/mol. The van der Waals surface area contributed by atoms with Crippen LogP contribution in [0.1, 0.15) is 37.7 Å². The minimum Gasteiger partial charge on any atom is -0.378 e. The van der Waals surface area contributed by atoms with Gasteiger partial charge in [0.15, 0.2) is 0 Å². The molecule has 2 fully saturated rings. The van der Waals surface area contributed by atoms with Gasteiger partial charge in [-0.25, -0.2) is 4.98 Å². The zero-order chi connectivity index (χ0) is 21.1. The number of hydrogen-bond donors (Lipinski definition) is 1. The van der Waals surface area contributed by atoms with Gasteiger partial charge in [0.05, 0.1) is 28.7 Å². The number of ether oxygens (including phenoxy) is 1. The van der Waals surface area contributed by atoms with E-state index in [0.29, 0.717) is 42.7 Å². The summed E-state index contributed by atoms with van der Waals surface area (Å²) in [5, 5.41) is 3.60. The van der Waals surface area contributed by atoms with Gasteiger partial charge >= 0.3 is 0 Å². The molecule has 0 radical (unpaired) electrons. The maximum atomic E-state index is 12.6. The van der Waals surface area contributed by atoms with E-state index in [4.69, 9.17) is 16.3 Å². The average Bonchev–Trinajstić information content (AvgIpc) is 3.21. The summed E-state index contributed by atoms with van der Waals surface area (Å²) < 4.78 is 5.30. The number of thiophene rings is 1. The van der Waals surface area contributed by atoms with E-state index in [1.165, 1.54) is 11.3 Å². The Labute approximate surface area is 185 Å². The van der Waals surface area contributed by atoms with E-state index in [2.05, 4.69) is 15.2 Å². The highest BCUT2D eigenvalue weighted by atomic mass is 35.5. The third-order valence-corrected chi connectivity index (χ3v) is 6.74. The van der Waals surface area contributed by atoms with E-state index in [1.54, 1.807) is 17.2 Å². The summed E-state index contributed by atoms with van der Waals surface area (Å²) in [6, 6.07) is 5.67. The molecule has 0 unspecified atom stereocenters. The Morgan fingerprint density at radius 1 is 1.20 bits per heavy atom. The molecule has 2 aliphatic heterocycles. The highest BCUT2D eigenvalue weighted by Crippen LogP contribution is 2.27. The SMILES string of the molecule is Cc1ccc(C(=O)NC2CCN(c3ncc(C(=O)N4CCOCC4)cc3Cl)CC2)s1. The smallest absolute Gasteiger partial charge is 0.261 e. The average molecular weight is 449 g/mol. The van der Waals surface area contributed by atoms with E-state index in [9.17, 15) is 9.59 Å². The molecule has 2 aromatic rings. The van der Waals surface area contributed by atoms with Gasteiger partial charge in [-0.15, -0.1) is 11.3 Å². The molecule has 30 heavy (non-hydrogen) atoms. The first-order valence-corrected chi connectivity index (χ1v) is 11.4. The number of morpholine rings is 1. The number of nitrogens with one attached hydrogen (secondary N) is 1. The van der Waals surface area contributed by atoms with E-state index in [0.717, 1.165) is 35.7 Å². The molecule has 0 saturated carbocycles. The van der Waals surface area contributed by atoms with Crippen LogP contribution < -0.4 is 10.2 Å². The molecule has 4 rings (SSSR count). The number of piperidine rings is 1. The lowest BCUT2D eigenvalue weighted by atomic mass is 10.0. The van der Waals surface area contributed by atoms with Gasteiger partial charge in [-0.3, -0.25) is 9.59 Å². The molecule has 0 aromatic carbocycles. The first kappa shape index (κ1) is 21.1. The molecule has 2 saturated heterocycles. The second-order valence-electron chi connectivity index (χ2n) is 7.58. The number of carbonyl (C=O) groups is 2. The van der Waals surface area contributed by atoms with Crippen LogP contribution in [0.2, 0.25) is 5.02 Å². The Hall–Kier alpha value is -2.16. The zero-order valence-electron chi connectivity index (χ0n) is 16.9. The number of halogens is 1. The summed E-state index contributed by atoms with van der Waals surface area (Å²) in [6.45, 7) is 5.78. The van der Waals surface area contributed by atoms with Crippen molar-refractivity contribution in [2.24, 2.45) is 0 Å². The summed E-state index contributed by atoms with van der Waals surface area (Å²) in [5.74, 6) is 0.618. The van der Waals surface area contributed by atoms with Crippen LogP contribution in [0.25, 0.3) is 0 Å². The predicted octanol–water partition coefficient (Wildman–Crippen LogP) is 2.98. The molecule has 160 valence electrons. The Kier molecular flexibility index (Phi) is 6.55. The molecule has 2 amide bonds. The van der Waals surface area contributed by atoms with Crippen molar-refractivity contribution in [3.63, 3.8) is 0 Å². The lowest BCUT2D eigenvalue weighted by molar-refractivity contribution is 0.0302. The first-order valence-electron chi connectivity index (χ1n) is 10.2. The molecule has 9 heteroatoms. The van der Waals surface area contributed by atoms with E-state index in [-0.39, 0.29) is 17.9 Å². The van der Waals surface area contributed by atoms with Gasteiger partial charge in [0.25, 0.3) is 11.8 Å². The van der Waals surface area contributed by atoms with E-state index >= 15 is 0 Å². The third-order valence-electron chi connectivity index (χ3n) is 5.46. The van der Waals surface area contributed by atoms with Gasteiger partial charge in [0, 0.05) is 43.3 Å². The number of rotatable bonds is 4. The van der Waals surface area contributed by atoms with Crippen LogP contribution in [0.5, 0.6) is 0 Å². The second kappa shape index (κ2) is 9.32. The lowest BCUT2D eigenvalue weighted by Crippen LogP contribution is -2.45. The van der Waals surface area contributed by atoms with Gasteiger partial charge < -0.3 is 19.9 Å². The quantitative estimate of drug-likeness (QED) is 0.778. The Bertz CT molecular complexity index is 921. The number of amides is 2. The van der Waals surface area contributed by atoms with Crippen LogP contribution >= 0.6 is 22.9 Å². The summed E-state index contributed by atoms with van der Waals surface area (Å²) in [6.07, 6.45) is 3.25. The molecule has 0 atom stereocenters. The molecule has 2 aliphatic rings. The molecule has 0 aliphatic carbocycles. The van der Waals surface area contributed by atoms with Gasteiger partial charge in [0.1, 0.15) is 5.82 Å². The summed E-state index contributed by atoms with van der Waals surface area (Å²) >= 11 is 7.99. The fourth-order valence-electron chi connectivity index (χ4n) is 3.78. The lowest BCUT2D eigenvalue weighted by Gasteiger charge is -2.33. The van der Waals surface area contributed by atoms with Crippen molar-refractivity contribution in [1.29, 1.82) is 0 Å². The maximum Gasteiger partial charge on any atom is 0.261 e. The van der Waals surface area contributed by atoms with Crippen LogP contribution in [-0.4, -0.2) is 67.1 Å². The van der Waals surface area contributed by atoms with Gasteiger partial charge in [-0.1, -0.05) is 11.6 Å². The van der Waals surface area contributed by atoms with E-state index < -0.39 is 0 Å². The first-order chi connectivity index (χ1) is 14.5. The van der Waals surface area contributed by atoms with E-state index in [1.807, 2.05) is 19.1 Å². The maximum absolute atomic E-state index is 12.6. The Balaban J connectivity index is 1.34. The summed E-state index contributed by atoms with van der Waals surface area (Å²) in [7, 11) is 0. The highest BCUT2D eigenvalue weighted by molar-refractivity contribution is 7.13. The molecular formula is C21H25ClN4O3S. The molecule has 1 N–H and O–H groups in total. The standard InChI is InChI=1S/C21H25ClN4O3S/c1-14-2-3-18(30-14)20(27)24-16-4-6-25(7-5-16)19-17(22)12-15(13-23-19)21(28)26-8-10-29-11-9-26/h2-3,12-13,16H,4-11H2,1H3,(H,24,27). The third kappa shape index (κ3) is 4.77. The van der Waals surface area contributed by atoms with Crippen molar-refractivity contribution in [3.05, 3.63) is 44.7 Å². The fraction of sp³-hybridized carbons (Fsp3) is 0.476. The van der Waals surface area contributed by atoms with Crippen LogP contribution in [0, 0.1) is 6.92 Å². The van der Waals surface area contributed by atoms with Crippen LogP contribution in [0.3, 0.4) is 0 Å². The van der Waals surface area contributed by atoms with Crippen molar-refractivity contribution < 1.29 is 14.3 Å². The number of carbonyl (C=O) groups excluding carboxylic acids is 2. The van der Waals surface area contributed by atoms with Crippen LogP contribution in [0.4, 0.5) is 5.82 Å². The molecule has 7 nitrogen and oxygen atoms in total. The van der Waals surface area contributed by atoms with Gasteiger partial charge in [0.2, 0.25) is 0 Å². The van der Waals surface area contributed by atoms with Gasteiger partial charge in [-0.05, 0) is 38.0 Å². The molecule has 2 aromatic heterocycles. The molecular weight excluding hydrogens is 424 g/mol. The number of hydrogen-bond acceptors (Lipinski definition) is 6. The van der Waals surface area contributed by atoms with Crippen molar-refractivity contribution in [1.82, 2.24) is 15.2 Å². The van der Waals surface area contributed by atoms with Crippen LogP contribution in [-0.2, 0) is 4.74 Å². The minimum atomic E-state index is -0.0653. The van der Waals surface area contributed by atoms with Gasteiger partial charge in [-0.2, -0.15) is 0 Å². The highest BCUT2D eigenvalue weighted by Gasteiger charge is 2.25. The number of pyridine rings is 1. The Morgan fingerprint density at radius 3 is 2.57 bits per heavy atom. The number of aromatic nitrogens is 1. The number of anilines is 1. The van der Waals surface area contributed by atoms with Crippen molar-refractivity contribution in [2.75, 3.05) is 44.3 Å². The second-order valence-corrected chi connectivity index (χ2v) is 9.27. The monoisotopic (exact) mass is 448 g/mol. The van der Waals surface area contributed by atoms with Crippen molar-refractivity contribution in [2.45, 2.75) is 25.8 Å². The largest absolute Gasteiger partial charge is 0.378 e. The fourth-order valence-corrected chi connectivity index (χ4v) is 4.83. The van der Waals surface area contributed by atoms with Crippen molar-refractivity contribution >= 4 is 40.6 Å². The molecule has 0 bridgehead atoms.